The summed E-state index contributed by atoms with van der Waals surface area (Å²) < 4.78 is 36.7. The van der Waals surface area contributed by atoms with Crippen molar-refractivity contribution in [2.24, 2.45) is 0 Å². The highest BCUT2D eigenvalue weighted by atomic mass is 35.5. The number of benzene rings is 2. The second kappa shape index (κ2) is 11.2. The molecule has 11 heteroatoms. The Morgan fingerprint density at radius 3 is 2.39 bits per heavy atom. The molecule has 1 atom stereocenters. The predicted octanol–water partition coefficient (Wildman–Crippen LogP) is 2.29. The van der Waals surface area contributed by atoms with Gasteiger partial charge in [0.2, 0.25) is 21.8 Å². The van der Waals surface area contributed by atoms with Crippen LogP contribution in [0.5, 0.6) is 11.5 Å². The van der Waals surface area contributed by atoms with Crippen LogP contribution in [-0.2, 0) is 26.2 Å². The molecule has 0 fully saturated rings. The van der Waals surface area contributed by atoms with E-state index >= 15 is 0 Å². The third kappa shape index (κ3) is 6.75. The Bertz CT molecular complexity index is 1110. The van der Waals surface area contributed by atoms with Gasteiger partial charge in [0.1, 0.15) is 24.1 Å². The van der Waals surface area contributed by atoms with Gasteiger partial charge in [-0.2, -0.15) is 0 Å². The van der Waals surface area contributed by atoms with E-state index in [4.69, 9.17) is 21.1 Å². The third-order valence-corrected chi connectivity index (χ3v) is 6.35. The Hall–Kier alpha value is -2.98. The van der Waals surface area contributed by atoms with Crippen LogP contribution >= 0.6 is 11.6 Å². The highest BCUT2D eigenvalue weighted by Crippen LogP contribution is 2.33. The lowest BCUT2D eigenvalue weighted by Gasteiger charge is -2.31. The Labute approximate surface area is 199 Å². The molecule has 33 heavy (non-hydrogen) atoms. The van der Waals surface area contributed by atoms with Crippen LogP contribution in [0, 0.1) is 0 Å². The van der Waals surface area contributed by atoms with E-state index in [1.165, 1.54) is 38.3 Å². The van der Waals surface area contributed by atoms with Gasteiger partial charge in [-0.3, -0.25) is 13.9 Å². The number of amides is 2. The average molecular weight is 498 g/mol. The maximum Gasteiger partial charge on any atom is 0.244 e. The van der Waals surface area contributed by atoms with Crippen LogP contribution in [0.1, 0.15) is 12.5 Å². The summed E-state index contributed by atoms with van der Waals surface area (Å²) in [6, 6.07) is 10.7. The number of hydrogen-bond acceptors (Lipinski definition) is 6. The molecular formula is C22H28ClN3O6S. The second-order valence-electron chi connectivity index (χ2n) is 7.25. The van der Waals surface area contributed by atoms with E-state index in [-0.39, 0.29) is 23.0 Å². The molecule has 0 heterocycles. The molecule has 0 radical (unpaired) electrons. The molecule has 0 saturated carbocycles. The number of ether oxygens (including phenoxy) is 2. The first-order valence-corrected chi connectivity index (χ1v) is 12.2. The Balaban J connectivity index is 2.46. The lowest BCUT2D eigenvalue weighted by Crippen LogP contribution is -2.50. The highest BCUT2D eigenvalue weighted by Gasteiger charge is 2.31. The molecule has 0 aliphatic carbocycles. The molecular weight excluding hydrogens is 470 g/mol. The maximum absolute atomic E-state index is 13.4. The van der Waals surface area contributed by atoms with Crippen molar-refractivity contribution in [1.29, 1.82) is 0 Å². The van der Waals surface area contributed by atoms with Gasteiger partial charge in [0.25, 0.3) is 0 Å². The number of likely N-dealkylation sites (N-methyl/N-ethyl adjacent to an activating group) is 1. The largest absolute Gasteiger partial charge is 0.497 e. The normalized spacial score (nSPS) is 11.9. The van der Waals surface area contributed by atoms with Gasteiger partial charge in [-0.25, -0.2) is 8.42 Å². The number of carbonyl (C=O) groups is 2. The Morgan fingerprint density at radius 1 is 1.12 bits per heavy atom. The first-order valence-electron chi connectivity index (χ1n) is 9.97. The Kier molecular flexibility index (Phi) is 8.95. The van der Waals surface area contributed by atoms with E-state index in [9.17, 15) is 18.0 Å². The van der Waals surface area contributed by atoms with Crippen molar-refractivity contribution in [3.8, 4) is 11.5 Å². The Morgan fingerprint density at radius 2 is 1.82 bits per heavy atom. The summed E-state index contributed by atoms with van der Waals surface area (Å²) in [7, 11) is 0.473. The van der Waals surface area contributed by atoms with E-state index in [0.717, 1.165) is 10.6 Å². The van der Waals surface area contributed by atoms with E-state index < -0.39 is 34.4 Å². The highest BCUT2D eigenvalue weighted by molar-refractivity contribution is 7.92. The summed E-state index contributed by atoms with van der Waals surface area (Å²) in [4.78, 5) is 27.1. The molecule has 1 N–H and O–H groups in total. The smallest absolute Gasteiger partial charge is 0.244 e. The lowest BCUT2D eigenvalue weighted by atomic mass is 10.1. The molecule has 0 saturated heterocycles. The van der Waals surface area contributed by atoms with Gasteiger partial charge in [0, 0.05) is 18.6 Å². The first-order chi connectivity index (χ1) is 15.5. The van der Waals surface area contributed by atoms with Crippen LogP contribution in [0.25, 0.3) is 0 Å². The second-order valence-corrected chi connectivity index (χ2v) is 9.59. The van der Waals surface area contributed by atoms with E-state index in [1.54, 1.807) is 37.3 Å². The van der Waals surface area contributed by atoms with Gasteiger partial charge < -0.3 is 19.7 Å². The summed E-state index contributed by atoms with van der Waals surface area (Å²) in [6.07, 6.45) is 0.981. The van der Waals surface area contributed by atoms with Crippen molar-refractivity contribution in [2.75, 3.05) is 38.4 Å². The van der Waals surface area contributed by atoms with Crippen LogP contribution in [0.15, 0.2) is 42.5 Å². The summed E-state index contributed by atoms with van der Waals surface area (Å²) >= 11 is 6.08. The lowest BCUT2D eigenvalue weighted by molar-refractivity contribution is -0.139. The predicted molar refractivity (Wildman–Crippen MR) is 127 cm³/mol. The topological polar surface area (TPSA) is 105 Å². The van der Waals surface area contributed by atoms with Gasteiger partial charge in [-0.15, -0.1) is 0 Å². The van der Waals surface area contributed by atoms with Crippen molar-refractivity contribution in [3.63, 3.8) is 0 Å². The molecule has 9 nitrogen and oxygen atoms in total. The molecule has 180 valence electrons. The fourth-order valence-electron chi connectivity index (χ4n) is 3.21. The van der Waals surface area contributed by atoms with Crippen molar-refractivity contribution < 1.29 is 27.5 Å². The van der Waals surface area contributed by atoms with E-state index in [0.29, 0.717) is 11.3 Å². The van der Waals surface area contributed by atoms with E-state index in [2.05, 4.69) is 5.32 Å². The number of hydrogen-bond donors (Lipinski definition) is 1. The zero-order valence-corrected chi connectivity index (χ0v) is 20.7. The van der Waals surface area contributed by atoms with Crippen molar-refractivity contribution in [2.45, 2.75) is 19.5 Å². The molecule has 0 aliphatic rings. The van der Waals surface area contributed by atoms with Gasteiger partial charge in [-0.05, 0) is 42.8 Å². The quantitative estimate of drug-likeness (QED) is 0.540. The van der Waals surface area contributed by atoms with Gasteiger partial charge in [0.15, 0.2) is 0 Å². The maximum atomic E-state index is 13.4. The first kappa shape index (κ1) is 26.3. The molecule has 0 aromatic heterocycles. The number of halogens is 1. The van der Waals surface area contributed by atoms with Crippen LogP contribution in [0.2, 0.25) is 5.02 Å². The number of carbonyl (C=O) groups excluding carboxylic acids is 2. The molecule has 2 aromatic rings. The van der Waals surface area contributed by atoms with Gasteiger partial charge in [-0.1, -0.05) is 23.7 Å². The third-order valence-electron chi connectivity index (χ3n) is 4.99. The molecule has 2 amide bonds. The SMILES string of the molecule is CNC(=O)[C@H](C)N(Cc1cccc(OC)c1)C(=O)CN(c1cc(Cl)ccc1OC)S(C)(=O)=O. The standard InChI is InChI=1S/C22H28ClN3O6S/c1-15(22(28)24-2)25(13-16-7-6-8-18(11-16)31-3)21(27)14-26(33(5,29)30)19-12-17(23)9-10-20(19)32-4/h6-12,15H,13-14H2,1-5H3,(H,24,28)/t15-/m0/s1. The van der Waals surface area contributed by atoms with Crippen LogP contribution in [0.4, 0.5) is 5.69 Å². The summed E-state index contributed by atoms with van der Waals surface area (Å²) in [5, 5.41) is 2.80. The van der Waals surface area contributed by atoms with Crippen molar-refractivity contribution in [1.82, 2.24) is 10.2 Å². The van der Waals surface area contributed by atoms with Gasteiger partial charge in [0.05, 0.1) is 26.2 Å². The number of nitrogens with one attached hydrogen (secondary N) is 1. The summed E-state index contributed by atoms with van der Waals surface area (Å²) in [5.74, 6) is -0.149. The van der Waals surface area contributed by atoms with Crippen LogP contribution in [0.3, 0.4) is 0 Å². The monoisotopic (exact) mass is 497 g/mol. The summed E-state index contributed by atoms with van der Waals surface area (Å²) in [5.41, 5.74) is 0.833. The van der Waals surface area contributed by atoms with Crippen molar-refractivity contribution >= 4 is 39.1 Å². The molecule has 0 unspecified atom stereocenters. The fraction of sp³-hybridized carbons (Fsp3) is 0.364. The minimum atomic E-state index is -3.90. The molecule has 0 aliphatic heterocycles. The van der Waals surface area contributed by atoms with Crippen LogP contribution in [-0.4, -0.2) is 65.2 Å². The zero-order valence-electron chi connectivity index (χ0n) is 19.2. The minimum absolute atomic E-state index is 0.0644. The van der Waals surface area contributed by atoms with Crippen molar-refractivity contribution in [3.05, 3.63) is 53.1 Å². The molecule has 0 bridgehead atoms. The summed E-state index contributed by atoms with van der Waals surface area (Å²) in [6.45, 7) is 1.08. The minimum Gasteiger partial charge on any atom is -0.497 e. The molecule has 2 aromatic carbocycles. The van der Waals surface area contributed by atoms with Gasteiger partial charge >= 0.3 is 0 Å². The number of nitrogens with zero attached hydrogens (tertiary/aromatic N) is 2. The zero-order chi connectivity index (χ0) is 24.8. The number of methoxy groups -OCH3 is 2. The average Bonchev–Trinajstić information content (AvgIpc) is 2.79. The molecule has 0 spiro atoms. The fourth-order valence-corrected chi connectivity index (χ4v) is 4.22. The molecule has 2 rings (SSSR count). The number of rotatable bonds is 10. The number of anilines is 1. The van der Waals surface area contributed by atoms with E-state index in [1.807, 2.05) is 0 Å². The number of sulfonamides is 1. The van der Waals surface area contributed by atoms with Crippen LogP contribution < -0.4 is 19.1 Å².